The van der Waals surface area contributed by atoms with Gasteiger partial charge in [-0.2, -0.15) is 13.2 Å². The van der Waals surface area contributed by atoms with Gasteiger partial charge in [0.1, 0.15) is 17.3 Å². The summed E-state index contributed by atoms with van der Waals surface area (Å²) < 4.78 is 52.1. The number of fused-ring (bicyclic) bond motifs is 1. The van der Waals surface area contributed by atoms with Gasteiger partial charge >= 0.3 is 18.1 Å². The Balaban J connectivity index is 0.000000370. The van der Waals surface area contributed by atoms with Crippen molar-refractivity contribution in [1.29, 1.82) is 0 Å². The second-order valence-electron chi connectivity index (χ2n) is 5.74. The number of hydrogen-bond donors (Lipinski definition) is 2. The van der Waals surface area contributed by atoms with Crippen molar-refractivity contribution in [3.8, 4) is 5.75 Å². The van der Waals surface area contributed by atoms with Crippen LogP contribution in [-0.2, 0) is 11.3 Å². The molecule has 0 unspecified atom stereocenters. The van der Waals surface area contributed by atoms with Crippen molar-refractivity contribution in [2.45, 2.75) is 12.7 Å². The van der Waals surface area contributed by atoms with Crippen LogP contribution < -0.4 is 4.74 Å². The van der Waals surface area contributed by atoms with E-state index in [4.69, 9.17) is 14.6 Å². The van der Waals surface area contributed by atoms with E-state index in [2.05, 4.69) is 0 Å². The van der Waals surface area contributed by atoms with Gasteiger partial charge in [0.15, 0.2) is 0 Å². The molecule has 0 bridgehead atoms. The van der Waals surface area contributed by atoms with Crippen molar-refractivity contribution < 1.29 is 42.1 Å². The van der Waals surface area contributed by atoms with Gasteiger partial charge in [-0.25, -0.2) is 14.0 Å². The van der Waals surface area contributed by atoms with Crippen LogP contribution in [0.3, 0.4) is 0 Å². The van der Waals surface area contributed by atoms with Crippen molar-refractivity contribution >= 4 is 22.8 Å². The van der Waals surface area contributed by atoms with Crippen LogP contribution in [0, 0.1) is 5.82 Å². The average Bonchev–Trinajstić information content (AvgIpc) is 3.01. The van der Waals surface area contributed by atoms with Gasteiger partial charge in [0, 0.05) is 16.5 Å². The molecule has 6 nitrogen and oxygen atoms in total. The third kappa shape index (κ3) is 5.24. The van der Waals surface area contributed by atoms with E-state index >= 15 is 0 Å². The number of para-hydroxylation sites is 1. The molecule has 2 N–H and O–H groups in total. The standard InChI is InChI=1S/C17H14FNO3.C2HF3O2/c1-22-16-7-6-13(18)8-12(16)10-19-14-5-3-2-4-11(14)9-15(19)17(20)21;3-2(4,5)1(6)7/h2-9H,10H2,1H3,(H,20,21);(H,6,7). The molecular weight excluding hydrogens is 398 g/mol. The molecule has 0 saturated carbocycles. The summed E-state index contributed by atoms with van der Waals surface area (Å²) in [5, 5.41) is 17.4. The van der Waals surface area contributed by atoms with Gasteiger partial charge in [0.2, 0.25) is 0 Å². The Bertz CT molecular complexity index is 1040. The molecule has 0 aliphatic carbocycles. The fraction of sp³-hybridized carbons (Fsp3) is 0.158. The maximum Gasteiger partial charge on any atom is 0.490 e. The number of rotatable bonds is 4. The summed E-state index contributed by atoms with van der Waals surface area (Å²) in [4.78, 5) is 20.4. The van der Waals surface area contributed by atoms with Crippen molar-refractivity contribution in [2.24, 2.45) is 0 Å². The van der Waals surface area contributed by atoms with Gasteiger partial charge in [-0.1, -0.05) is 18.2 Å². The average molecular weight is 413 g/mol. The molecule has 0 saturated heterocycles. The minimum absolute atomic E-state index is 0.160. The molecule has 1 aromatic heterocycles. The second-order valence-corrected chi connectivity index (χ2v) is 5.74. The minimum atomic E-state index is -5.08. The maximum absolute atomic E-state index is 13.5. The van der Waals surface area contributed by atoms with E-state index in [0.717, 1.165) is 10.9 Å². The molecule has 2 aromatic carbocycles. The summed E-state index contributed by atoms with van der Waals surface area (Å²) in [7, 11) is 1.50. The van der Waals surface area contributed by atoms with Gasteiger partial charge in [-0.3, -0.25) is 0 Å². The number of aliphatic carboxylic acids is 1. The highest BCUT2D eigenvalue weighted by molar-refractivity contribution is 5.94. The normalized spacial score (nSPS) is 10.9. The van der Waals surface area contributed by atoms with E-state index in [9.17, 15) is 27.5 Å². The monoisotopic (exact) mass is 413 g/mol. The lowest BCUT2D eigenvalue weighted by Crippen LogP contribution is -2.21. The van der Waals surface area contributed by atoms with Crippen LogP contribution in [0.5, 0.6) is 5.75 Å². The summed E-state index contributed by atoms with van der Waals surface area (Å²) in [5.41, 5.74) is 1.53. The number of nitrogens with zero attached hydrogens (tertiary/aromatic N) is 1. The molecule has 0 radical (unpaired) electrons. The Morgan fingerprint density at radius 2 is 1.69 bits per heavy atom. The molecule has 3 rings (SSSR count). The smallest absolute Gasteiger partial charge is 0.490 e. The van der Waals surface area contributed by atoms with Crippen LogP contribution in [0.1, 0.15) is 16.1 Å². The van der Waals surface area contributed by atoms with Crippen LogP contribution in [0.2, 0.25) is 0 Å². The predicted octanol–water partition coefficient (Wildman–Crippen LogP) is 4.17. The van der Waals surface area contributed by atoms with Crippen molar-refractivity contribution in [2.75, 3.05) is 7.11 Å². The molecule has 10 heteroatoms. The topological polar surface area (TPSA) is 88.8 Å². The SMILES string of the molecule is COc1ccc(F)cc1Cn1c(C(=O)O)cc2ccccc21.O=C(O)C(F)(F)F. The number of aromatic carboxylic acids is 1. The zero-order valence-corrected chi connectivity index (χ0v) is 14.9. The van der Waals surface area contributed by atoms with E-state index in [1.54, 1.807) is 10.6 Å². The van der Waals surface area contributed by atoms with Crippen LogP contribution in [0.25, 0.3) is 10.9 Å². The highest BCUT2D eigenvalue weighted by Gasteiger charge is 2.38. The third-order valence-electron chi connectivity index (χ3n) is 3.84. The number of halogens is 4. The number of alkyl halides is 3. The fourth-order valence-corrected chi connectivity index (χ4v) is 2.60. The summed E-state index contributed by atoms with van der Waals surface area (Å²) in [6.07, 6.45) is -5.08. The molecule has 0 atom stereocenters. The summed E-state index contributed by atoms with van der Waals surface area (Å²) >= 11 is 0. The van der Waals surface area contributed by atoms with Gasteiger partial charge in [0.05, 0.1) is 13.7 Å². The van der Waals surface area contributed by atoms with Crippen LogP contribution in [-0.4, -0.2) is 40.0 Å². The number of benzene rings is 2. The first-order valence-electron chi connectivity index (χ1n) is 7.98. The number of hydrogen-bond acceptors (Lipinski definition) is 3. The number of aromatic nitrogens is 1. The van der Waals surface area contributed by atoms with Crippen molar-refractivity contribution in [1.82, 2.24) is 4.57 Å². The molecule has 0 aliphatic heterocycles. The Labute approximate surface area is 161 Å². The molecule has 154 valence electrons. The third-order valence-corrected chi connectivity index (χ3v) is 3.84. The molecule has 0 amide bonds. The highest BCUT2D eigenvalue weighted by Crippen LogP contribution is 2.25. The first kappa shape index (κ1) is 21.7. The van der Waals surface area contributed by atoms with E-state index in [-0.39, 0.29) is 18.1 Å². The van der Waals surface area contributed by atoms with Crippen molar-refractivity contribution in [3.63, 3.8) is 0 Å². The van der Waals surface area contributed by atoms with Crippen molar-refractivity contribution in [3.05, 3.63) is 65.6 Å². The van der Waals surface area contributed by atoms with E-state index in [1.165, 1.54) is 25.3 Å². The lowest BCUT2D eigenvalue weighted by molar-refractivity contribution is -0.192. The Morgan fingerprint density at radius 3 is 2.24 bits per heavy atom. The largest absolute Gasteiger partial charge is 0.496 e. The molecule has 0 aliphatic rings. The zero-order valence-electron chi connectivity index (χ0n) is 14.9. The van der Waals surface area contributed by atoms with Crippen LogP contribution in [0.4, 0.5) is 17.6 Å². The first-order chi connectivity index (χ1) is 13.5. The minimum Gasteiger partial charge on any atom is -0.496 e. The summed E-state index contributed by atoms with van der Waals surface area (Å²) in [6.45, 7) is 0.218. The van der Waals surface area contributed by atoms with Crippen LogP contribution >= 0.6 is 0 Å². The van der Waals surface area contributed by atoms with Gasteiger partial charge < -0.3 is 19.5 Å². The van der Waals surface area contributed by atoms with E-state index in [0.29, 0.717) is 11.3 Å². The van der Waals surface area contributed by atoms with Gasteiger partial charge in [0.25, 0.3) is 0 Å². The first-order valence-corrected chi connectivity index (χ1v) is 7.98. The molecule has 3 aromatic rings. The van der Waals surface area contributed by atoms with Crippen LogP contribution in [0.15, 0.2) is 48.5 Å². The number of methoxy groups -OCH3 is 1. The molecule has 0 spiro atoms. The molecule has 1 heterocycles. The summed E-state index contributed by atoms with van der Waals surface area (Å²) in [6, 6.07) is 13.2. The molecule has 0 fully saturated rings. The van der Waals surface area contributed by atoms with E-state index < -0.39 is 18.1 Å². The van der Waals surface area contributed by atoms with Gasteiger partial charge in [-0.15, -0.1) is 0 Å². The highest BCUT2D eigenvalue weighted by atomic mass is 19.4. The maximum atomic E-state index is 13.5. The molecular formula is C19H15F4NO5. The predicted molar refractivity (Wildman–Crippen MR) is 94.6 cm³/mol. The number of carbonyl (C=O) groups is 2. The lowest BCUT2D eigenvalue weighted by Gasteiger charge is -2.12. The fourth-order valence-electron chi connectivity index (χ4n) is 2.60. The Kier molecular flexibility index (Phi) is 6.47. The Hall–Kier alpha value is -3.56. The lowest BCUT2D eigenvalue weighted by atomic mass is 10.2. The number of carboxylic acids is 2. The van der Waals surface area contributed by atoms with E-state index in [1.807, 2.05) is 24.3 Å². The second kappa shape index (κ2) is 8.63. The van der Waals surface area contributed by atoms with Gasteiger partial charge in [-0.05, 0) is 30.3 Å². The zero-order chi connectivity index (χ0) is 21.8. The quantitative estimate of drug-likeness (QED) is 0.627. The number of ether oxygens (including phenoxy) is 1. The Morgan fingerprint density at radius 1 is 1.07 bits per heavy atom. The number of carboxylic acid groups (broad SMARTS) is 2. The molecule has 29 heavy (non-hydrogen) atoms. The summed E-state index contributed by atoms with van der Waals surface area (Å²) in [5.74, 6) is -3.64.